The van der Waals surface area contributed by atoms with Crippen LogP contribution in [0.5, 0.6) is 5.75 Å². The van der Waals surface area contributed by atoms with E-state index in [1.54, 1.807) is 12.1 Å². The van der Waals surface area contributed by atoms with Crippen LogP contribution in [0.2, 0.25) is 5.02 Å². The van der Waals surface area contributed by atoms with Crippen LogP contribution in [0, 0.1) is 0 Å². The van der Waals surface area contributed by atoms with Gasteiger partial charge in [-0.3, -0.25) is 4.79 Å². The van der Waals surface area contributed by atoms with E-state index < -0.39 is 36.2 Å². The molecule has 0 spiro atoms. The number of nitrogens with one attached hydrogen (secondary N) is 2. The summed E-state index contributed by atoms with van der Waals surface area (Å²) in [5.41, 5.74) is 2.39. The molecular weight excluding hydrogens is 524 g/mol. The number of hydrogen-bond donors (Lipinski definition) is 2. The zero-order valence-corrected chi connectivity index (χ0v) is 19.4. The van der Waals surface area contributed by atoms with Gasteiger partial charge in [0, 0.05) is 13.1 Å². The van der Waals surface area contributed by atoms with Crippen molar-refractivity contribution in [3.8, 4) is 5.75 Å². The van der Waals surface area contributed by atoms with E-state index in [2.05, 4.69) is 10.6 Å². The lowest BCUT2D eigenvalue weighted by Crippen LogP contribution is -2.48. The van der Waals surface area contributed by atoms with E-state index in [1.165, 1.54) is 24.3 Å². The fraction of sp³-hybridized carbons (Fsp3) is 0.435. The zero-order chi connectivity index (χ0) is 26.9. The summed E-state index contributed by atoms with van der Waals surface area (Å²) >= 11 is 6.30. The first kappa shape index (κ1) is 28.0. The molecule has 2 aromatic rings. The summed E-state index contributed by atoms with van der Waals surface area (Å²) in [5.74, 6) is -7.07. The molecule has 2 N–H and O–H groups in total. The molecular formula is C23H21ClF8N2O2. The number of carbonyl (C=O) groups is 1. The molecule has 0 amide bonds. The SMILES string of the molecule is CC(Oc1ccc(CNc2c(Cl)ccc3c2CCC(C(=O)C(F)(F)F)NC3)cc1)C(F)(F)C(F)(F)F. The van der Waals surface area contributed by atoms with Gasteiger partial charge in [-0.25, -0.2) is 0 Å². The van der Waals surface area contributed by atoms with Gasteiger partial charge in [-0.1, -0.05) is 29.8 Å². The number of rotatable bonds is 7. The van der Waals surface area contributed by atoms with Crippen LogP contribution in [0.3, 0.4) is 0 Å². The van der Waals surface area contributed by atoms with Crippen LogP contribution in [-0.2, 0) is 24.3 Å². The van der Waals surface area contributed by atoms with Gasteiger partial charge >= 0.3 is 18.3 Å². The maximum absolute atomic E-state index is 13.4. The van der Waals surface area contributed by atoms with Crippen molar-refractivity contribution in [1.29, 1.82) is 0 Å². The average molecular weight is 545 g/mol. The summed E-state index contributed by atoms with van der Waals surface area (Å²) in [4.78, 5) is 11.6. The van der Waals surface area contributed by atoms with Crippen LogP contribution in [-0.4, -0.2) is 36.2 Å². The minimum Gasteiger partial charge on any atom is -0.484 e. The Hall–Kier alpha value is -2.60. The van der Waals surface area contributed by atoms with Gasteiger partial charge in [0.2, 0.25) is 0 Å². The van der Waals surface area contributed by atoms with E-state index in [9.17, 15) is 39.9 Å². The van der Waals surface area contributed by atoms with E-state index >= 15 is 0 Å². The first-order valence-electron chi connectivity index (χ1n) is 10.7. The maximum Gasteiger partial charge on any atom is 0.457 e. The van der Waals surface area contributed by atoms with Gasteiger partial charge in [0.15, 0.2) is 6.10 Å². The first-order chi connectivity index (χ1) is 16.6. The Bertz CT molecular complexity index is 1090. The molecule has 1 aliphatic heterocycles. The Morgan fingerprint density at radius 3 is 2.31 bits per heavy atom. The third-order valence-corrected chi connectivity index (χ3v) is 6.09. The number of anilines is 1. The van der Waals surface area contributed by atoms with Crippen molar-refractivity contribution >= 4 is 23.1 Å². The largest absolute Gasteiger partial charge is 0.484 e. The molecule has 1 heterocycles. The van der Waals surface area contributed by atoms with Crippen molar-refractivity contribution in [2.24, 2.45) is 0 Å². The Balaban J connectivity index is 1.68. The molecule has 1 aliphatic rings. The minimum absolute atomic E-state index is 0.0282. The van der Waals surface area contributed by atoms with E-state index in [0.29, 0.717) is 34.3 Å². The van der Waals surface area contributed by atoms with Crippen LogP contribution in [0.1, 0.15) is 30.0 Å². The van der Waals surface area contributed by atoms with E-state index in [-0.39, 0.29) is 31.7 Å². The lowest BCUT2D eigenvalue weighted by atomic mass is 9.99. The molecule has 2 atom stereocenters. The van der Waals surface area contributed by atoms with Crippen molar-refractivity contribution in [2.75, 3.05) is 5.32 Å². The summed E-state index contributed by atoms with van der Waals surface area (Å²) in [6, 6.07) is 7.22. The molecule has 36 heavy (non-hydrogen) atoms. The number of benzene rings is 2. The van der Waals surface area contributed by atoms with Crippen LogP contribution in [0.4, 0.5) is 40.8 Å². The number of alkyl halides is 8. The lowest BCUT2D eigenvalue weighted by Gasteiger charge is -2.26. The van der Waals surface area contributed by atoms with Gasteiger partial charge in [-0.15, -0.1) is 0 Å². The van der Waals surface area contributed by atoms with Crippen molar-refractivity contribution < 1.29 is 44.7 Å². The molecule has 4 nitrogen and oxygen atoms in total. The predicted octanol–water partition coefficient (Wildman–Crippen LogP) is 6.45. The standard InChI is InChI=1S/C23H21ClF8N2O2/c1-12(21(25,26)23(30,31)32)36-15-5-2-13(3-6-15)10-34-19-16-7-9-18(20(35)22(27,28)29)33-11-14(16)4-8-17(19)24/h2-6,8,12,18,33-34H,7,9-11H2,1H3. The second kappa shape index (κ2) is 10.4. The summed E-state index contributed by atoms with van der Waals surface area (Å²) in [6.07, 6.45) is -13.1. The number of ketones is 1. The van der Waals surface area contributed by atoms with Crippen molar-refractivity contribution in [3.05, 3.63) is 58.1 Å². The Labute approximate surface area is 205 Å². The molecule has 0 saturated carbocycles. The van der Waals surface area contributed by atoms with Crippen molar-refractivity contribution in [1.82, 2.24) is 5.32 Å². The second-order valence-corrected chi connectivity index (χ2v) is 8.68. The average Bonchev–Trinajstić information content (AvgIpc) is 3.00. The monoisotopic (exact) mass is 544 g/mol. The van der Waals surface area contributed by atoms with Gasteiger partial charge < -0.3 is 15.4 Å². The topological polar surface area (TPSA) is 50.4 Å². The molecule has 0 bridgehead atoms. The highest BCUT2D eigenvalue weighted by molar-refractivity contribution is 6.33. The number of Topliss-reactive ketones (excluding diaryl/α,β-unsaturated/α-hetero) is 1. The van der Waals surface area contributed by atoms with Gasteiger partial charge in [-0.05, 0) is 54.7 Å². The molecule has 2 aromatic carbocycles. The minimum atomic E-state index is -5.75. The predicted molar refractivity (Wildman–Crippen MR) is 116 cm³/mol. The fourth-order valence-corrected chi connectivity index (χ4v) is 3.98. The van der Waals surface area contributed by atoms with Crippen LogP contribution in [0.25, 0.3) is 0 Å². The van der Waals surface area contributed by atoms with Crippen molar-refractivity contribution in [2.45, 2.75) is 63.3 Å². The molecule has 2 unspecified atom stereocenters. The highest BCUT2D eigenvalue weighted by Gasteiger charge is 2.62. The van der Waals surface area contributed by atoms with Gasteiger partial charge in [0.1, 0.15) is 5.75 Å². The van der Waals surface area contributed by atoms with Gasteiger partial charge in [0.05, 0.1) is 16.8 Å². The number of halogens is 9. The fourth-order valence-electron chi connectivity index (χ4n) is 3.73. The summed E-state index contributed by atoms with van der Waals surface area (Å²) in [5, 5.41) is 6.02. The third-order valence-electron chi connectivity index (χ3n) is 5.77. The Morgan fingerprint density at radius 1 is 1.08 bits per heavy atom. The van der Waals surface area contributed by atoms with Crippen LogP contribution >= 0.6 is 11.6 Å². The zero-order valence-electron chi connectivity index (χ0n) is 18.7. The number of hydrogen-bond acceptors (Lipinski definition) is 4. The number of ether oxygens (including phenoxy) is 1. The van der Waals surface area contributed by atoms with E-state index in [4.69, 9.17) is 16.3 Å². The highest BCUT2D eigenvalue weighted by atomic mass is 35.5. The maximum atomic E-state index is 13.4. The lowest BCUT2D eigenvalue weighted by molar-refractivity contribution is -0.306. The highest BCUT2D eigenvalue weighted by Crippen LogP contribution is 2.39. The summed E-state index contributed by atoms with van der Waals surface area (Å²) < 4.78 is 107. The quantitative estimate of drug-likeness (QED) is 0.393. The number of fused-ring (bicyclic) bond motifs is 1. The van der Waals surface area contributed by atoms with E-state index in [1.807, 2.05) is 0 Å². The van der Waals surface area contributed by atoms with Gasteiger partial charge in [0.25, 0.3) is 5.78 Å². The second-order valence-electron chi connectivity index (χ2n) is 8.27. The van der Waals surface area contributed by atoms with E-state index in [0.717, 1.165) is 0 Å². The smallest absolute Gasteiger partial charge is 0.457 e. The molecule has 0 aromatic heterocycles. The molecule has 0 radical (unpaired) electrons. The Morgan fingerprint density at radius 2 is 1.72 bits per heavy atom. The van der Waals surface area contributed by atoms with Gasteiger partial charge in [-0.2, -0.15) is 35.1 Å². The third kappa shape index (κ3) is 6.20. The molecule has 13 heteroatoms. The Kier molecular flexibility index (Phi) is 8.09. The molecule has 0 fully saturated rings. The molecule has 0 aliphatic carbocycles. The molecule has 0 saturated heterocycles. The summed E-state index contributed by atoms with van der Waals surface area (Å²) in [7, 11) is 0. The number of carbonyl (C=O) groups excluding carboxylic acids is 1. The molecule has 3 rings (SSSR count). The van der Waals surface area contributed by atoms with Crippen LogP contribution < -0.4 is 15.4 Å². The normalized spacial score (nSPS) is 17.7. The first-order valence-corrected chi connectivity index (χ1v) is 11.1. The van der Waals surface area contributed by atoms with Crippen molar-refractivity contribution in [3.63, 3.8) is 0 Å². The summed E-state index contributed by atoms with van der Waals surface area (Å²) in [6.45, 7) is 0.803. The van der Waals surface area contributed by atoms with Crippen LogP contribution in [0.15, 0.2) is 36.4 Å². The molecule has 198 valence electrons.